The molecule has 0 amide bonds. The van der Waals surface area contributed by atoms with Gasteiger partial charge in [-0.15, -0.1) is 0 Å². The monoisotopic (exact) mass is 193 g/mol. The number of para-hydroxylation sites is 1. The molecule has 1 aliphatic rings. The van der Waals surface area contributed by atoms with Crippen LogP contribution in [0.25, 0.3) is 0 Å². The van der Waals surface area contributed by atoms with Gasteiger partial charge in [-0.05, 0) is 18.9 Å². The number of hydrogen-bond acceptors (Lipinski definition) is 3. The Labute approximate surface area is 83.5 Å². The van der Waals surface area contributed by atoms with Crippen molar-refractivity contribution in [1.82, 2.24) is 0 Å². The third-order valence-corrected chi connectivity index (χ3v) is 2.68. The first kappa shape index (κ1) is 9.49. The molecule has 1 heterocycles. The van der Waals surface area contributed by atoms with Crippen molar-refractivity contribution < 1.29 is 9.84 Å². The summed E-state index contributed by atoms with van der Waals surface area (Å²) in [4.78, 5) is 0. The maximum atomic E-state index is 10.3. The highest BCUT2D eigenvalue weighted by Crippen LogP contribution is 2.33. The molecule has 3 nitrogen and oxygen atoms in total. The lowest BCUT2D eigenvalue weighted by atomic mass is 9.87. The van der Waals surface area contributed by atoms with Gasteiger partial charge in [-0.3, -0.25) is 0 Å². The van der Waals surface area contributed by atoms with Crippen LogP contribution in [-0.4, -0.2) is 18.3 Å². The van der Waals surface area contributed by atoms with Crippen LogP contribution in [0.1, 0.15) is 18.4 Å². The van der Waals surface area contributed by atoms with Crippen molar-refractivity contribution in [3.8, 4) is 0 Å². The molecule has 1 aromatic rings. The molecule has 1 aromatic carbocycles. The topological polar surface area (TPSA) is 55.5 Å². The second-order valence-electron chi connectivity index (χ2n) is 3.77. The third kappa shape index (κ3) is 1.61. The molecular weight excluding hydrogens is 178 g/mol. The van der Waals surface area contributed by atoms with Crippen molar-refractivity contribution in [2.45, 2.75) is 18.4 Å². The van der Waals surface area contributed by atoms with Crippen LogP contribution in [0.15, 0.2) is 24.3 Å². The Kier molecular flexibility index (Phi) is 2.44. The molecule has 1 aliphatic heterocycles. The fourth-order valence-electron chi connectivity index (χ4n) is 1.91. The van der Waals surface area contributed by atoms with Crippen molar-refractivity contribution in [2.24, 2.45) is 0 Å². The second kappa shape index (κ2) is 3.59. The van der Waals surface area contributed by atoms with Gasteiger partial charge in [0.25, 0.3) is 0 Å². The van der Waals surface area contributed by atoms with Crippen LogP contribution in [0.3, 0.4) is 0 Å². The molecule has 0 saturated carbocycles. The summed E-state index contributed by atoms with van der Waals surface area (Å²) in [5, 5.41) is 10.3. The molecule has 0 aliphatic carbocycles. The van der Waals surface area contributed by atoms with E-state index in [1.54, 1.807) is 0 Å². The fraction of sp³-hybridized carbons (Fsp3) is 0.455. The highest BCUT2D eigenvalue weighted by Gasteiger charge is 2.33. The summed E-state index contributed by atoms with van der Waals surface area (Å²) >= 11 is 0. The minimum atomic E-state index is -0.885. The van der Waals surface area contributed by atoms with Crippen LogP contribution in [0.4, 0.5) is 5.69 Å². The average Bonchev–Trinajstić information content (AvgIpc) is 2.19. The van der Waals surface area contributed by atoms with E-state index < -0.39 is 5.60 Å². The first-order valence-electron chi connectivity index (χ1n) is 4.87. The van der Waals surface area contributed by atoms with Gasteiger partial charge in [0.2, 0.25) is 0 Å². The van der Waals surface area contributed by atoms with E-state index in [0.29, 0.717) is 12.3 Å². The smallest absolute Gasteiger partial charge is 0.115 e. The Morgan fingerprint density at radius 2 is 2.14 bits per heavy atom. The Hall–Kier alpha value is -1.06. The molecule has 2 rings (SSSR count). The zero-order valence-corrected chi connectivity index (χ0v) is 8.07. The molecule has 3 N–H and O–H groups in total. The number of ether oxygens (including phenoxy) is 1. The minimum Gasteiger partial charge on any atom is -0.398 e. The van der Waals surface area contributed by atoms with Crippen LogP contribution in [0.2, 0.25) is 0 Å². The van der Waals surface area contributed by atoms with E-state index in [1.807, 2.05) is 24.3 Å². The number of benzene rings is 1. The second-order valence-corrected chi connectivity index (χ2v) is 3.77. The zero-order chi connectivity index (χ0) is 10.0. The van der Waals surface area contributed by atoms with Crippen molar-refractivity contribution in [3.05, 3.63) is 29.8 Å². The molecular formula is C11H15NO2. The average molecular weight is 193 g/mol. The number of hydrogen-bond donors (Lipinski definition) is 2. The number of anilines is 1. The van der Waals surface area contributed by atoms with Gasteiger partial charge in [0.15, 0.2) is 0 Å². The summed E-state index contributed by atoms with van der Waals surface area (Å²) in [5.74, 6) is 0. The quantitative estimate of drug-likeness (QED) is 0.660. The number of rotatable bonds is 1. The summed E-state index contributed by atoms with van der Waals surface area (Å²) in [7, 11) is 0. The molecule has 1 saturated heterocycles. The fourth-order valence-corrected chi connectivity index (χ4v) is 1.91. The van der Waals surface area contributed by atoms with Gasteiger partial charge in [0, 0.05) is 17.9 Å². The van der Waals surface area contributed by atoms with Crippen LogP contribution < -0.4 is 5.73 Å². The lowest BCUT2D eigenvalue weighted by Gasteiger charge is -2.33. The SMILES string of the molecule is Nc1ccccc1C1(O)CCCOC1. The summed E-state index contributed by atoms with van der Waals surface area (Å²) < 4.78 is 5.29. The molecule has 0 spiro atoms. The lowest BCUT2D eigenvalue weighted by molar-refractivity contribution is -0.0898. The molecule has 1 unspecified atom stereocenters. The maximum absolute atomic E-state index is 10.3. The predicted octanol–water partition coefficient (Wildman–Crippen LogP) is 1.27. The van der Waals surface area contributed by atoms with Gasteiger partial charge in [-0.1, -0.05) is 18.2 Å². The van der Waals surface area contributed by atoms with Gasteiger partial charge in [0.1, 0.15) is 5.60 Å². The Balaban J connectivity index is 2.32. The van der Waals surface area contributed by atoms with E-state index in [1.165, 1.54) is 0 Å². The van der Waals surface area contributed by atoms with Gasteiger partial charge in [0.05, 0.1) is 6.61 Å². The Bertz CT molecular complexity index is 319. The van der Waals surface area contributed by atoms with Gasteiger partial charge >= 0.3 is 0 Å². The highest BCUT2D eigenvalue weighted by atomic mass is 16.5. The Morgan fingerprint density at radius 3 is 2.79 bits per heavy atom. The zero-order valence-electron chi connectivity index (χ0n) is 8.07. The molecule has 76 valence electrons. The van der Waals surface area contributed by atoms with Crippen molar-refractivity contribution in [2.75, 3.05) is 18.9 Å². The van der Waals surface area contributed by atoms with E-state index in [0.717, 1.165) is 25.0 Å². The molecule has 1 fully saturated rings. The third-order valence-electron chi connectivity index (χ3n) is 2.68. The van der Waals surface area contributed by atoms with Crippen molar-refractivity contribution in [1.29, 1.82) is 0 Å². The standard InChI is InChI=1S/C11H15NO2/c12-10-5-2-1-4-9(10)11(13)6-3-7-14-8-11/h1-2,4-5,13H,3,6-8,12H2. The van der Waals surface area contributed by atoms with Gasteiger partial charge < -0.3 is 15.6 Å². The van der Waals surface area contributed by atoms with E-state index in [2.05, 4.69) is 0 Å². The molecule has 0 aromatic heterocycles. The maximum Gasteiger partial charge on any atom is 0.115 e. The van der Waals surface area contributed by atoms with Crippen LogP contribution in [-0.2, 0) is 10.3 Å². The summed E-state index contributed by atoms with van der Waals surface area (Å²) in [6.07, 6.45) is 1.60. The largest absolute Gasteiger partial charge is 0.398 e. The molecule has 0 bridgehead atoms. The minimum absolute atomic E-state index is 0.348. The predicted molar refractivity (Wildman–Crippen MR) is 54.8 cm³/mol. The molecule has 3 heteroatoms. The summed E-state index contributed by atoms with van der Waals surface area (Å²) in [5.41, 5.74) is 6.37. The van der Waals surface area contributed by atoms with E-state index in [-0.39, 0.29) is 0 Å². The van der Waals surface area contributed by atoms with Gasteiger partial charge in [-0.25, -0.2) is 0 Å². The number of nitrogens with two attached hydrogens (primary N) is 1. The highest BCUT2D eigenvalue weighted by molar-refractivity contribution is 5.49. The van der Waals surface area contributed by atoms with E-state index in [4.69, 9.17) is 10.5 Å². The van der Waals surface area contributed by atoms with Crippen LogP contribution >= 0.6 is 0 Å². The number of nitrogen functional groups attached to an aromatic ring is 1. The summed E-state index contributed by atoms with van der Waals surface area (Å²) in [6.45, 7) is 1.08. The van der Waals surface area contributed by atoms with E-state index in [9.17, 15) is 5.11 Å². The first-order valence-corrected chi connectivity index (χ1v) is 4.87. The molecule has 1 atom stereocenters. The van der Waals surface area contributed by atoms with Crippen molar-refractivity contribution >= 4 is 5.69 Å². The molecule has 0 radical (unpaired) electrons. The molecule has 14 heavy (non-hydrogen) atoms. The normalized spacial score (nSPS) is 27.5. The lowest BCUT2D eigenvalue weighted by Crippen LogP contribution is -2.36. The Morgan fingerprint density at radius 1 is 1.36 bits per heavy atom. The number of aliphatic hydroxyl groups is 1. The van der Waals surface area contributed by atoms with Crippen LogP contribution in [0, 0.1) is 0 Å². The van der Waals surface area contributed by atoms with Crippen LogP contribution in [0.5, 0.6) is 0 Å². The van der Waals surface area contributed by atoms with Gasteiger partial charge in [-0.2, -0.15) is 0 Å². The van der Waals surface area contributed by atoms with Crippen molar-refractivity contribution in [3.63, 3.8) is 0 Å². The van der Waals surface area contributed by atoms with E-state index >= 15 is 0 Å². The first-order chi connectivity index (χ1) is 6.72. The summed E-state index contributed by atoms with van der Waals surface area (Å²) in [6, 6.07) is 7.43.